The molecule has 2 heterocycles. The summed E-state index contributed by atoms with van der Waals surface area (Å²) in [6.07, 6.45) is 0.341. The van der Waals surface area contributed by atoms with E-state index in [1.54, 1.807) is 17.9 Å². The van der Waals surface area contributed by atoms with Crippen LogP contribution in [0.1, 0.15) is 29.5 Å². The minimum absolute atomic E-state index is 0.0955. The van der Waals surface area contributed by atoms with Crippen LogP contribution in [0.3, 0.4) is 0 Å². The quantitative estimate of drug-likeness (QED) is 0.515. The SMILES string of the molecule is CCN(Cc1ccc(Cl)s1)C(=O)CCc1c(C)nc(SC(F)F)[nH]c1=O. The lowest BCUT2D eigenvalue weighted by Gasteiger charge is -2.20. The van der Waals surface area contributed by atoms with E-state index in [-0.39, 0.29) is 35.7 Å². The Bertz CT molecular complexity index is 826. The van der Waals surface area contributed by atoms with Crippen molar-refractivity contribution in [3.8, 4) is 0 Å². The number of carbonyl (C=O) groups is 1. The first-order chi connectivity index (χ1) is 12.3. The largest absolute Gasteiger partial charge is 0.338 e. The number of hydrogen-bond donors (Lipinski definition) is 1. The molecule has 1 amide bonds. The normalized spacial score (nSPS) is 11.2. The Hall–Kier alpha value is -1.45. The Morgan fingerprint density at radius 3 is 2.73 bits per heavy atom. The van der Waals surface area contributed by atoms with Crippen molar-refractivity contribution in [3.63, 3.8) is 0 Å². The maximum absolute atomic E-state index is 12.5. The molecule has 0 fully saturated rings. The molecule has 10 heteroatoms. The van der Waals surface area contributed by atoms with Crippen LogP contribution in [-0.4, -0.2) is 33.1 Å². The summed E-state index contributed by atoms with van der Waals surface area (Å²) in [7, 11) is 0. The van der Waals surface area contributed by atoms with Crippen molar-refractivity contribution in [2.75, 3.05) is 6.54 Å². The van der Waals surface area contributed by atoms with Crippen molar-refractivity contribution in [1.82, 2.24) is 14.9 Å². The van der Waals surface area contributed by atoms with Crippen molar-refractivity contribution < 1.29 is 13.6 Å². The average Bonchev–Trinajstić information content (AvgIpc) is 2.96. The van der Waals surface area contributed by atoms with Gasteiger partial charge in [0.05, 0.1) is 10.9 Å². The molecular weight excluding hydrogens is 404 g/mol. The molecule has 0 radical (unpaired) electrons. The number of carbonyl (C=O) groups excluding carboxylic acids is 1. The molecule has 0 unspecified atom stereocenters. The van der Waals surface area contributed by atoms with Crippen LogP contribution in [-0.2, 0) is 17.8 Å². The first-order valence-corrected chi connectivity index (χ1v) is 9.94. The number of H-pyrrole nitrogens is 1. The minimum Gasteiger partial charge on any atom is -0.338 e. The van der Waals surface area contributed by atoms with E-state index in [0.29, 0.717) is 28.7 Å². The number of aryl methyl sites for hydroxylation is 1. The van der Waals surface area contributed by atoms with E-state index in [4.69, 9.17) is 11.6 Å². The number of thiophene rings is 1. The molecule has 0 bridgehead atoms. The molecule has 0 saturated heterocycles. The van der Waals surface area contributed by atoms with Gasteiger partial charge < -0.3 is 9.88 Å². The number of alkyl halides is 2. The molecule has 2 aromatic rings. The number of hydrogen-bond acceptors (Lipinski definition) is 5. The van der Waals surface area contributed by atoms with Crippen LogP contribution in [0.4, 0.5) is 8.78 Å². The van der Waals surface area contributed by atoms with Gasteiger partial charge in [-0.1, -0.05) is 11.6 Å². The lowest BCUT2D eigenvalue weighted by Crippen LogP contribution is -2.31. The molecule has 0 aliphatic heterocycles. The van der Waals surface area contributed by atoms with Gasteiger partial charge in [0.15, 0.2) is 5.16 Å². The van der Waals surface area contributed by atoms with Gasteiger partial charge in [-0.05, 0) is 44.2 Å². The molecular formula is C16H18ClF2N3O2S2. The Balaban J connectivity index is 2.02. The highest BCUT2D eigenvalue weighted by Gasteiger charge is 2.17. The van der Waals surface area contributed by atoms with Crippen LogP contribution in [0.5, 0.6) is 0 Å². The van der Waals surface area contributed by atoms with Crippen molar-refractivity contribution in [2.45, 2.75) is 44.1 Å². The number of thioether (sulfide) groups is 1. The predicted molar refractivity (Wildman–Crippen MR) is 100 cm³/mol. The van der Waals surface area contributed by atoms with E-state index in [1.165, 1.54) is 11.3 Å². The van der Waals surface area contributed by atoms with Gasteiger partial charge in [0.2, 0.25) is 5.91 Å². The van der Waals surface area contributed by atoms with Crippen LogP contribution >= 0.6 is 34.7 Å². The van der Waals surface area contributed by atoms with Gasteiger partial charge in [0.25, 0.3) is 11.3 Å². The summed E-state index contributed by atoms with van der Waals surface area (Å²) in [4.78, 5) is 33.5. The second-order valence-corrected chi connectivity index (χ2v) is 8.21. The van der Waals surface area contributed by atoms with Crippen LogP contribution < -0.4 is 5.56 Å². The topological polar surface area (TPSA) is 66.1 Å². The fourth-order valence-electron chi connectivity index (χ4n) is 2.41. The van der Waals surface area contributed by atoms with E-state index in [0.717, 1.165) is 4.88 Å². The first-order valence-electron chi connectivity index (χ1n) is 7.86. The van der Waals surface area contributed by atoms with Crippen LogP contribution in [0.15, 0.2) is 22.1 Å². The fourth-order valence-corrected chi connectivity index (χ4v) is 4.02. The van der Waals surface area contributed by atoms with Gasteiger partial charge in [-0.25, -0.2) is 4.98 Å². The molecule has 142 valence electrons. The Morgan fingerprint density at radius 2 is 2.19 bits per heavy atom. The highest BCUT2D eigenvalue weighted by molar-refractivity contribution is 7.99. The lowest BCUT2D eigenvalue weighted by atomic mass is 10.1. The first kappa shape index (κ1) is 20.9. The zero-order chi connectivity index (χ0) is 19.3. The Morgan fingerprint density at radius 1 is 1.46 bits per heavy atom. The summed E-state index contributed by atoms with van der Waals surface area (Å²) < 4.78 is 25.4. The van der Waals surface area contributed by atoms with Gasteiger partial charge in [-0.15, -0.1) is 11.3 Å². The Labute approximate surface area is 162 Å². The molecule has 5 nitrogen and oxygen atoms in total. The molecule has 26 heavy (non-hydrogen) atoms. The summed E-state index contributed by atoms with van der Waals surface area (Å²) in [5.41, 5.74) is 0.214. The zero-order valence-corrected chi connectivity index (χ0v) is 16.6. The van der Waals surface area contributed by atoms with E-state index in [2.05, 4.69) is 9.97 Å². The van der Waals surface area contributed by atoms with Crippen molar-refractivity contribution >= 4 is 40.6 Å². The van der Waals surface area contributed by atoms with E-state index in [1.807, 2.05) is 13.0 Å². The molecule has 2 rings (SSSR count). The van der Waals surface area contributed by atoms with Crippen LogP contribution in [0.2, 0.25) is 4.34 Å². The standard InChI is InChI=1S/C16H18ClF2N3O2S2/c1-3-22(8-10-4-6-12(17)25-10)13(23)7-5-11-9(2)20-16(21-14(11)24)26-15(18)19/h4,6,15H,3,5,7-8H2,1-2H3,(H,20,21,24). The molecule has 0 atom stereocenters. The number of halogens is 3. The van der Waals surface area contributed by atoms with Crippen molar-refractivity contribution in [2.24, 2.45) is 0 Å². The molecule has 0 aromatic carbocycles. The smallest absolute Gasteiger partial charge is 0.291 e. The zero-order valence-electron chi connectivity index (χ0n) is 14.2. The molecule has 0 spiro atoms. The summed E-state index contributed by atoms with van der Waals surface area (Å²) in [6.45, 7) is 4.45. The number of aromatic amines is 1. The maximum atomic E-state index is 12.5. The summed E-state index contributed by atoms with van der Waals surface area (Å²) >= 11 is 7.51. The molecule has 1 N–H and O–H groups in total. The second-order valence-electron chi connectivity index (χ2n) is 5.43. The van der Waals surface area contributed by atoms with E-state index < -0.39 is 11.3 Å². The summed E-state index contributed by atoms with van der Waals surface area (Å²) in [6, 6.07) is 3.66. The number of nitrogens with zero attached hydrogens (tertiary/aromatic N) is 2. The average molecular weight is 422 g/mol. The Kier molecular flexibility index (Phi) is 7.60. The third-order valence-electron chi connectivity index (χ3n) is 3.70. The molecule has 0 aliphatic rings. The van der Waals surface area contributed by atoms with Gasteiger partial charge in [0.1, 0.15) is 0 Å². The monoisotopic (exact) mass is 421 g/mol. The summed E-state index contributed by atoms with van der Waals surface area (Å²) in [5, 5.41) is -0.123. The molecule has 2 aromatic heterocycles. The third-order valence-corrected chi connectivity index (χ3v) is 5.51. The fraction of sp³-hybridized carbons (Fsp3) is 0.438. The van der Waals surface area contributed by atoms with E-state index in [9.17, 15) is 18.4 Å². The predicted octanol–water partition coefficient (Wildman–Crippen LogP) is 4.09. The van der Waals surface area contributed by atoms with Crippen molar-refractivity contribution in [3.05, 3.63) is 43.0 Å². The number of aromatic nitrogens is 2. The summed E-state index contributed by atoms with van der Waals surface area (Å²) in [5.74, 6) is -2.75. The third kappa shape index (κ3) is 5.78. The highest BCUT2D eigenvalue weighted by Crippen LogP contribution is 2.23. The van der Waals surface area contributed by atoms with Gasteiger partial charge in [-0.3, -0.25) is 9.59 Å². The van der Waals surface area contributed by atoms with Gasteiger partial charge in [-0.2, -0.15) is 8.78 Å². The highest BCUT2D eigenvalue weighted by atomic mass is 35.5. The van der Waals surface area contributed by atoms with Gasteiger partial charge in [0, 0.05) is 29.1 Å². The van der Waals surface area contributed by atoms with E-state index >= 15 is 0 Å². The lowest BCUT2D eigenvalue weighted by molar-refractivity contribution is -0.131. The number of rotatable bonds is 8. The van der Waals surface area contributed by atoms with Gasteiger partial charge >= 0.3 is 0 Å². The molecule has 0 saturated carbocycles. The maximum Gasteiger partial charge on any atom is 0.291 e. The van der Waals surface area contributed by atoms with Crippen molar-refractivity contribution in [1.29, 1.82) is 0 Å². The molecule has 0 aliphatic carbocycles. The van der Waals surface area contributed by atoms with Crippen LogP contribution in [0, 0.1) is 6.92 Å². The number of nitrogens with one attached hydrogen (secondary N) is 1. The second kappa shape index (κ2) is 9.48. The minimum atomic E-state index is -2.66. The van der Waals surface area contributed by atoms with Crippen LogP contribution in [0.25, 0.3) is 0 Å². The number of amides is 1.